The molecule has 0 saturated heterocycles. The third-order valence-electron chi connectivity index (χ3n) is 1.22. The molecule has 0 unspecified atom stereocenters. The van der Waals surface area contributed by atoms with E-state index in [2.05, 4.69) is 6.58 Å². The monoisotopic (exact) mass is 186 g/mol. The Balaban J connectivity index is 3.57. The second-order valence-corrected chi connectivity index (χ2v) is 2.20. The van der Waals surface area contributed by atoms with Crippen molar-refractivity contribution < 1.29 is 14.2 Å². The highest BCUT2D eigenvalue weighted by Crippen LogP contribution is 1.99. The molecule has 0 saturated carbocycles. The Bertz CT molecular complexity index is 152. The van der Waals surface area contributed by atoms with E-state index < -0.39 is 0 Å². The van der Waals surface area contributed by atoms with Gasteiger partial charge in [0.15, 0.2) is 0 Å². The summed E-state index contributed by atoms with van der Waals surface area (Å²) in [5.41, 5.74) is 0. The summed E-state index contributed by atoms with van der Waals surface area (Å²) in [5.74, 6) is 0.497. The van der Waals surface area contributed by atoms with E-state index in [0.717, 1.165) is 0 Å². The van der Waals surface area contributed by atoms with Gasteiger partial charge in [0.05, 0.1) is 13.2 Å². The third kappa shape index (κ3) is 7.40. The van der Waals surface area contributed by atoms with Gasteiger partial charge in [0, 0.05) is 12.7 Å². The molecule has 0 aliphatic heterocycles. The van der Waals surface area contributed by atoms with Crippen molar-refractivity contribution in [1.82, 2.24) is 0 Å². The molecule has 0 aromatic carbocycles. The average Bonchev–Trinajstić information content (AvgIpc) is 2.13. The van der Waals surface area contributed by atoms with Crippen molar-refractivity contribution in [1.29, 1.82) is 0 Å². The standard InChI is InChI=1S/C10H18O3/c1-4-7-10(12-6-3)13-9-8-11-5-2/h4,7H,1,5-6,8-9H2,2-3H3. The van der Waals surface area contributed by atoms with Crippen LogP contribution in [0.25, 0.3) is 0 Å². The first-order valence-corrected chi connectivity index (χ1v) is 4.51. The van der Waals surface area contributed by atoms with Crippen LogP contribution in [0.15, 0.2) is 24.7 Å². The zero-order chi connectivity index (χ0) is 9.94. The first kappa shape index (κ1) is 12.0. The number of allylic oxidation sites excluding steroid dienone is 2. The summed E-state index contributed by atoms with van der Waals surface area (Å²) in [6, 6.07) is 0. The molecule has 0 aromatic heterocycles. The Labute approximate surface area is 80.0 Å². The SMILES string of the molecule is C=CC=C(OCC)OCCOCC. The molecule has 0 aromatic rings. The van der Waals surface area contributed by atoms with E-state index >= 15 is 0 Å². The first-order chi connectivity index (χ1) is 6.35. The Kier molecular flexibility index (Phi) is 8.46. The summed E-state index contributed by atoms with van der Waals surface area (Å²) < 4.78 is 15.5. The molecular weight excluding hydrogens is 168 g/mol. The fourth-order valence-corrected chi connectivity index (χ4v) is 0.722. The third-order valence-corrected chi connectivity index (χ3v) is 1.22. The maximum Gasteiger partial charge on any atom is 0.279 e. The lowest BCUT2D eigenvalue weighted by Gasteiger charge is -2.09. The Morgan fingerprint density at radius 1 is 1.15 bits per heavy atom. The molecule has 0 atom stereocenters. The minimum Gasteiger partial charge on any atom is -0.466 e. The molecule has 0 aliphatic rings. The van der Waals surface area contributed by atoms with Gasteiger partial charge in [-0.05, 0) is 13.8 Å². The highest BCUT2D eigenvalue weighted by molar-refractivity contribution is 4.98. The molecule has 0 radical (unpaired) electrons. The van der Waals surface area contributed by atoms with Crippen LogP contribution in [-0.2, 0) is 14.2 Å². The number of hydrogen-bond acceptors (Lipinski definition) is 3. The van der Waals surface area contributed by atoms with Crippen molar-refractivity contribution in [2.45, 2.75) is 13.8 Å². The lowest BCUT2D eigenvalue weighted by molar-refractivity contribution is 0.00985. The van der Waals surface area contributed by atoms with E-state index in [1.54, 1.807) is 12.2 Å². The molecule has 76 valence electrons. The van der Waals surface area contributed by atoms with Gasteiger partial charge in [0.2, 0.25) is 0 Å². The number of ether oxygens (including phenoxy) is 3. The van der Waals surface area contributed by atoms with E-state index in [4.69, 9.17) is 14.2 Å². The molecule has 0 aliphatic carbocycles. The summed E-state index contributed by atoms with van der Waals surface area (Å²) in [7, 11) is 0. The Morgan fingerprint density at radius 3 is 2.46 bits per heavy atom. The molecule has 0 amide bonds. The van der Waals surface area contributed by atoms with Gasteiger partial charge in [-0.15, -0.1) is 0 Å². The first-order valence-electron chi connectivity index (χ1n) is 4.51. The molecule has 3 heteroatoms. The van der Waals surface area contributed by atoms with Crippen molar-refractivity contribution in [3.05, 3.63) is 24.7 Å². The lowest BCUT2D eigenvalue weighted by Crippen LogP contribution is -2.05. The maximum absolute atomic E-state index is 5.27. The van der Waals surface area contributed by atoms with Crippen LogP contribution < -0.4 is 0 Å². The van der Waals surface area contributed by atoms with E-state index in [1.165, 1.54) is 0 Å². The van der Waals surface area contributed by atoms with E-state index in [1.807, 2.05) is 13.8 Å². The second kappa shape index (κ2) is 9.13. The fraction of sp³-hybridized carbons (Fsp3) is 0.600. The van der Waals surface area contributed by atoms with Gasteiger partial charge in [0.1, 0.15) is 6.61 Å². The number of hydrogen-bond donors (Lipinski definition) is 0. The minimum atomic E-state index is 0.497. The van der Waals surface area contributed by atoms with Crippen LogP contribution in [0.2, 0.25) is 0 Å². The van der Waals surface area contributed by atoms with Gasteiger partial charge in [-0.3, -0.25) is 0 Å². The summed E-state index contributed by atoms with van der Waals surface area (Å²) in [4.78, 5) is 0. The molecule has 3 nitrogen and oxygen atoms in total. The van der Waals surface area contributed by atoms with Crippen LogP contribution >= 0.6 is 0 Å². The summed E-state index contributed by atoms with van der Waals surface area (Å²) >= 11 is 0. The molecule has 0 spiro atoms. The molecule has 0 rings (SSSR count). The fourth-order valence-electron chi connectivity index (χ4n) is 0.722. The number of rotatable bonds is 8. The molecule has 0 bridgehead atoms. The zero-order valence-electron chi connectivity index (χ0n) is 8.41. The summed E-state index contributed by atoms with van der Waals surface area (Å²) in [6.07, 6.45) is 3.32. The van der Waals surface area contributed by atoms with E-state index in [9.17, 15) is 0 Å². The van der Waals surface area contributed by atoms with Gasteiger partial charge < -0.3 is 14.2 Å². The van der Waals surface area contributed by atoms with Crippen molar-refractivity contribution in [3.8, 4) is 0 Å². The van der Waals surface area contributed by atoms with Gasteiger partial charge in [-0.25, -0.2) is 0 Å². The second-order valence-electron chi connectivity index (χ2n) is 2.20. The van der Waals surface area contributed by atoms with Crippen LogP contribution in [0.4, 0.5) is 0 Å². The zero-order valence-corrected chi connectivity index (χ0v) is 8.41. The Morgan fingerprint density at radius 2 is 1.92 bits per heavy atom. The predicted molar refractivity (Wildman–Crippen MR) is 52.4 cm³/mol. The van der Waals surface area contributed by atoms with E-state index in [-0.39, 0.29) is 0 Å². The van der Waals surface area contributed by atoms with Gasteiger partial charge in [-0.2, -0.15) is 0 Å². The minimum absolute atomic E-state index is 0.497. The lowest BCUT2D eigenvalue weighted by atomic mass is 10.6. The maximum atomic E-state index is 5.27. The smallest absolute Gasteiger partial charge is 0.279 e. The van der Waals surface area contributed by atoms with Crippen molar-refractivity contribution >= 4 is 0 Å². The normalized spacial score (nSPS) is 11.1. The van der Waals surface area contributed by atoms with Crippen LogP contribution in [0.3, 0.4) is 0 Å². The molecular formula is C10H18O3. The largest absolute Gasteiger partial charge is 0.466 e. The van der Waals surface area contributed by atoms with Crippen molar-refractivity contribution in [2.75, 3.05) is 26.4 Å². The van der Waals surface area contributed by atoms with Gasteiger partial charge in [-0.1, -0.05) is 12.7 Å². The molecule has 0 heterocycles. The van der Waals surface area contributed by atoms with Gasteiger partial charge in [0.25, 0.3) is 5.95 Å². The molecule has 0 fully saturated rings. The van der Waals surface area contributed by atoms with Crippen LogP contribution in [0.5, 0.6) is 0 Å². The topological polar surface area (TPSA) is 27.7 Å². The van der Waals surface area contributed by atoms with E-state index in [0.29, 0.717) is 32.4 Å². The van der Waals surface area contributed by atoms with Crippen molar-refractivity contribution in [2.24, 2.45) is 0 Å². The Hall–Kier alpha value is -0.960. The quantitative estimate of drug-likeness (QED) is 0.330. The highest BCUT2D eigenvalue weighted by Gasteiger charge is 1.95. The molecule has 13 heavy (non-hydrogen) atoms. The van der Waals surface area contributed by atoms with Crippen LogP contribution in [0, 0.1) is 0 Å². The summed E-state index contributed by atoms with van der Waals surface area (Å²) in [5, 5.41) is 0. The molecule has 0 N–H and O–H groups in total. The van der Waals surface area contributed by atoms with Crippen molar-refractivity contribution in [3.63, 3.8) is 0 Å². The predicted octanol–water partition coefficient (Wildman–Crippen LogP) is 2.10. The van der Waals surface area contributed by atoms with Crippen LogP contribution in [0.1, 0.15) is 13.8 Å². The average molecular weight is 186 g/mol. The van der Waals surface area contributed by atoms with Crippen LogP contribution in [-0.4, -0.2) is 26.4 Å². The summed E-state index contributed by atoms with van der Waals surface area (Å²) in [6.45, 7) is 9.80. The highest BCUT2D eigenvalue weighted by atomic mass is 16.7. The van der Waals surface area contributed by atoms with Gasteiger partial charge >= 0.3 is 0 Å².